The van der Waals surface area contributed by atoms with Crippen molar-refractivity contribution in [3.63, 3.8) is 0 Å². The molecule has 2 unspecified atom stereocenters. The van der Waals surface area contributed by atoms with Gasteiger partial charge in [-0.15, -0.1) is 0 Å². The van der Waals surface area contributed by atoms with Crippen molar-refractivity contribution in [2.75, 3.05) is 27.7 Å². The van der Waals surface area contributed by atoms with E-state index in [0.717, 1.165) is 11.0 Å². The molecule has 1 aliphatic rings. The summed E-state index contributed by atoms with van der Waals surface area (Å²) in [6, 6.07) is 5.23. The van der Waals surface area contributed by atoms with Crippen molar-refractivity contribution in [2.24, 2.45) is 10.9 Å². The van der Waals surface area contributed by atoms with Crippen molar-refractivity contribution in [3.05, 3.63) is 23.8 Å². The van der Waals surface area contributed by atoms with Crippen LogP contribution < -0.4 is 0 Å². The maximum absolute atomic E-state index is 12.4. The average molecular weight is 279 g/mol. The number of rotatable bonds is 4. The largest absolute Gasteiger partial charge is 0.330 e. The monoisotopic (exact) mass is 279 g/mol. The van der Waals surface area contributed by atoms with Crippen LogP contribution in [-0.4, -0.2) is 47.7 Å². The van der Waals surface area contributed by atoms with Crippen LogP contribution in [0.15, 0.2) is 28.1 Å². The maximum atomic E-state index is 12.4. The number of carbonyl (C=O) groups is 1. The molecule has 0 amide bonds. The highest BCUT2D eigenvalue weighted by molar-refractivity contribution is 7.99. The third kappa shape index (κ3) is 3.16. The molecular weight excluding hydrogens is 260 g/mol. The van der Waals surface area contributed by atoms with E-state index >= 15 is 0 Å². The number of aliphatic imine (C=N–C) groups is 1. The Balaban J connectivity index is 2.21. The number of carbonyl (C=O) groups excluding carboxylic acids is 1. The zero-order valence-corrected chi connectivity index (χ0v) is 12.5. The molecule has 2 rings (SSSR count). The molecule has 1 aliphatic heterocycles. The number of Topliss-reactive ketones (excluding diaryl/α,β-unsaturated/α-hetero) is 1. The van der Waals surface area contributed by atoms with Crippen molar-refractivity contribution in [2.45, 2.75) is 11.8 Å². The van der Waals surface area contributed by atoms with E-state index in [4.69, 9.17) is 0 Å². The molecule has 0 radical (unpaired) electrons. The molecule has 0 bridgehead atoms. The third-order valence-corrected chi connectivity index (χ3v) is 4.09. The summed E-state index contributed by atoms with van der Waals surface area (Å²) in [5.74, 6) is 0.0673. The van der Waals surface area contributed by atoms with E-state index < -0.39 is 10.8 Å². The average Bonchev–Trinajstić information content (AvgIpc) is 2.67. The Morgan fingerprint density at radius 3 is 2.68 bits per heavy atom. The first-order chi connectivity index (χ1) is 8.78. The molecule has 0 spiro atoms. The molecule has 0 N–H and O–H groups in total. The van der Waals surface area contributed by atoms with Gasteiger partial charge < -0.3 is 4.48 Å². The fourth-order valence-corrected chi connectivity index (χ4v) is 3.13. The summed E-state index contributed by atoms with van der Waals surface area (Å²) in [5, 5.41) is 0. The van der Waals surface area contributed by atoms with Gasteiger partial charge in [-0.1, -0.05) is 6.07 Å². The molecule has 0 aromatic heterocycles. The normalized spacial score (nSPS) is 19.3. The van der Waals surface area contributed by atoms with Gasteiger partial charge in [0.2, 0.25) is 0 Å². The molecule has 19 heavy (non-hydrogen) atoms. The highest BCUT2D eigenvalue weighted by Crippen LogP contribution is 2.29. The molecule has 0 aliphatic carbocycles. The van der Waals surface area contributed by atoms with Crippen molar-refractivity contribution in [1.29, 1.82) is 0 Å². The van der Waals surface area contributed by atoms with Crippen LogP contribution in [0.4, 0.5) is 5.69 Å². The van der Waals surface area contributed by atoms with Crippen LogP contribution in [0.25, 0.3) is 0 Å². The lowest BCUT2D eigenvalue weighted by molar-refractivity contribution is -0.872. The van der Waals surface area contributed by atoms with Crippen LogP contribution in [0.5, 0.6) is 0 Å². The third-order valence-electron chi connectivity index (χ3n) is 3.02. The van der Waals surface area contributed by atoms with Crippen LogP contribution in [0.3, 0.4) is 0 Å². The molecule has 1 aromatic carbocycles. The molecule has 4 nitrogen and oxygen atoms in total. The predicted octanol–water partition coefficient (Wildman–Crippen LogP) is 1.99. The summed E-state index contributed by atoms with van der Waals surface area (Å²) in [5.41, 5.74) is 2.71. The lowest BCUT2D eigenvalue weighted by Gasteiger charge is -2.26. The van der Waals surface area contributed by atoms with Gasteiger partial charge in [-0.25, -0.2) is 9.20 Å². The Bertz CT molecular complexity index is 573. The van der Waals surface area contributed by atoms with Crippen LogP contribution in [0, 0.1) is 5.92 Å². The smallest absolute Gasteiger partial charge is 0.171 e. The standard InChI is InChI=1S/C14H19N2O2S/c1-10(8-16(2,3)4)14(17)11-5-6-13-12(7-11)15-9-19(13)18/h5-7,9-10H,8H2,1-4H3/q+1. The minimum atomic E-state index is -1.15. The second-order valence-corrected chi connectivity index (χ2v) is 7.20. The fraction of sp³-hybridized carbons (Fsp3) is 0.429. The second kappa shape index (κ2) is 4.98. The number of benzene rings is 1. The Hall–Kier alpha value is -1.33. The number of hydrogen-bond acceptors (Lipinski definition) is 3. The molecular formula is C14H19N2O2S+. The van der Waals surface area contributed by atoms with Crippen LogP contribution >= 0.6 is 0 Å². The van der Waals surface area contributed by atoms with E-state index in [9.17, 15) is 9.00 Å². The highest BCUT2D eigenvalue weighted by atomic mass is 32.2. The maximum Gasteiger partial charge on any atom is 0.171 e. The first-order valence-electron chi connectivity index (χ1n) is 6.21. The highest BCUT2D eigenvalue weighted by Gasteiger charge is 2.23. The summed E-state index contributed by atoms with van der Waals surface area (Å²) in [6.07, 6.45) is 0. The number of ketones is 1. The van der Waals surface area contributed by atoms with E-state index in [1.807, 2.05) is 6.92 Å². The van der Waals surface area contributed by atoms with Gasteiger partial charge in [-0.05, 0) is 19.1 Å². The Morgan fingerprint density at radius 1 is 1.37 bits per heavy atom. The molecule has 0 fully saturated rings. The Morgan fingerprint density at radius 2 is 2.05 bits per heavy atom. The molecule has 5 heteroatoms. The first-order valence-corrected chi connectivity index (χ1v) is 7.43. The van der Waals surface area contributed by atoms with Crippen LogP contribution in [-0.2, 0) is 10.8 Å². The lowest BCUT2D eigenvalue weighted by Crippen LogP contribution is -2.40. The van der Waals surface area contributed by atoms with Gasteiger partial charge in [0.25, 0.3) is 0 Å². The van der Waals surface area contributed by atoms with Gasteiger partial charge in [0.05, 0.1) is 60.5 Å². The number of fused-ring (bicyclic) bond motifs is 1. The summed E-state index contributed by atoms with van der Waals surface area (Å²) >= 11 is 0. The van der Waals surface area contributed by atoms with Gasteiger partial charge in [0, 0.05) is 5.56 Å². The van der Waals surface area contributed by atoms with Gasteiger partial charge >= 0.3 is 0 Å². The number of hydrogen-bond donors (Lipinski definition) is 0. The Labute approximate surface area is 116 Å². The minimum Gasteiger partial charge on any atom is -0.330 e. The van der Waals surface area contributed by atoms with Crippen molar-refractivity contribution >= 4 is 27.8 Å². The van der Waals surface area contributed by atoms with Crippen molar-refractivity contribution < 1.29 is 13.5 Å². The summed E-state index contributed by atoms with van der Waals surface area (Å²) < 4.78 is 12.3. The second-order valence-electron chi connectivity index (χ2n) is 5.95. The van der Waals surface area contributed by atoms with Gasteiger partial charge in [0.1, 0.15) is 0 Å². The molecule has 1 aromatic rings. The lowest BCUT2D eigenvalue weighted by atomic mass is 9.98. The number of nitrogens with zero attached hydrogens (tertiary/aromatic N) is 2. The van der Waals surface area contributed by atoms with Gasteiger partial charge in [-0.3, -0.25) is 4.79 Å². The topological polar surface area (TPSA) is 46.5 Å². The predicted molar refractivity (Wildman–Crippen MR) is 77.4 cm³/mol. The molecule has 0 saturated carbocycles. The van der Waals surface area contributed by atoms with E-state index in [1.165, 1.54) is 5.55 Å². The van der Waals surface area contributed by atoms with E-state index in [1.54, 1.807) is 18.2 Å². The first kappa shape index (κ1) is 14.1. The Kier molecular flexibility index (Phi) is 3.69. The van der Waals surface area contributed by atoms with Gasteiger partial charge in [0.15, 0.2) is 5.78 Å². The van der Waals surface area contributed by atoms with Crippen LogP contribution in [0.2, 0.25) is 0 Å². The fourth-order valence-electron chi connectivity index (χ4n) is 2.29. The molecule has 102 valence electrons. The van der Waals surface area contributed by atoms with Crippen molar-refractivity contribution in [3.8, 4) is 0 Å². The summed E-state index contributed by atoms with van der Waals surface area (Å²) in [4.78, 5) is 17.1. The molecule has 2 atom stereocenters. The van der Waals surface area contributed by atoms with E-state index in [0.29, 0.717) is 16.1 Å². The van der Waals surface area contributed by atoms with E-state index in [-0.39, 0.29) is 11.7 Å². The summed E-state index contributed by atoms with van der Waals surface area (Å²) in [6.45, 7) is 2.73. The van der Waals surface area contributed by atoms with E-state index in [2.05, 4.69) is 26.1 Å². The van der Waals surface area contributed by atoms with Crippen molar-refractivity contribution in [1.82, 2.24) is 0 Å². The summed E-state index contributed by atoms with van der Waals surface area (Å²) in [7, 11) is 5.06. The SMILES string of the molecule is CC(C[N+](C)(C)C)C(=O)c1ccc2c(c1)N=CS2=O. The zero-order chi connectivity index (χ0) is 14.2. The molecule has 1 heterocycles. The zero-order valence-electron chi connectivity index (χ0n) is 11.7. The minimum absolute atomic E-state index is 0.0473. The quantitative estimate of drug-likeness (QED) is 0.625. The molecule has 0 saturated heterocycles. The number of quaternary nitrogens is 1. The van der Waals surface area contributed by atoms with Crippen LogP contribution in [0.1, 0.15) is 17.3 Å². The van der Waals surface area contributed by atoms with Gasteiger partial charge in [-0.2, -0.15) is 0 Å².